The second kappa shape index (κ2) is 8.23. The molecule has 4 nitrogen and oxygen atoms in total. The second-order valence-electron chi connectivity index (χ2n) is 8.57. The first-order chi connectivity index (χ1) is 14.4. The summed E-state index contributed by atoms with van der Waals surface area (Å²) in [7, 11) is 1.96. The maximum Gasteiger partial charge on any atom is 0.231 e. The lowest BCUT2D eigenvalue weighted by molar-refractivity contribution is -0.131. The van der Waals surface area contributed by atoms with Gasteiger partial charge in [-0.05, 0) is 62.4 Å². The summed E-state index contributed by atoms with van der Waals surface area (Å²) in [6, 6.07) is 13.0. The van der Waals surface area contributed by atoms with Gasteiger partial charge in [0.15, 0.2) is 0 Å². The van der Waals surface area contributed by atoms with E-state index < -0.39 is 5.41 Å². The van der Waals surface area contributed by atoms with E-state index in [1.165, 1.54) is 6.07 Å². The number of nitrogens with zero attached hydrogens (tertiary/aromatic N) is 1. The average molecular weight is 409 g/mol. The molecule has 4 rings (SSSR count). The summed E-state index contributed by atoms with van der Waals surface area (Å²) in [5.74, 6) is -0.192. The van der Waals surface area contributed by atoms with Crippen LogP contribution in [0.3, 0.4) is 0 Å². The molecule has 2 heterocycles. The van der Waals surface area contributed by atoms with Crippen molar-refractivity contribution in [3.05, 3.63) is 71.2 Å². The van der Waals surface area contributed by atoms with Crippen LogP contribution in [0.4, 0.5) is 4.39 Å². The lowest BCUT2D eigenvalue weighted by Crippen LogP contribution is -2.50. The fraction of sp³-hybridized carbons (Fsp3) is 0.400. The lowest BCUT2D eigenvalue weighted by Gasteiger charge is -2.37. The van der Waals surface area contributed by atoms with Crippen LogP contribution in [0.5, 0.6) is 0 Å². The Kier molecular flexibility index (Phi) is 5.65. The van der Waals surface area contributed by atoms with E-state index >= 15 is 0 Å². The predicted octanol–water partition coefficient (Wildman–Crippen LogP) is 4.42. The number of carbonyl (C=O) groups is 1. The van der Waals surface area contributed by atoms with E-state index in [0.29, 0.717) is 32.5 Å². The van der Waals surface area contributed by atoms with Crippen molar-refractivity contribution in [1.29, 1.82) is 0 Å². The van der Waals surface area contributed by atoms with Gasteiger partial charge in [-0.2, -0.15) is 0 Å². The van der Waals surface area contributed by atoms with Gasteiger partial charge in [0.25, 0.3) is 0 Å². The first kappa shape index (κ1) is 20.6. The maximum absolute atomic E-state index is 13.8. The zero-order valence-corrected chi connectivity index (χ0v) is 17.9. The number of hydrogen-bond acceptors (Lipinski definition) is 2. The van der Waals surface area contributed by atoms with Gasteiger partial charge in [0.2, 0.25) is 5.91 Å². The van der Waals surface area contributed by atoms with Gasteiger partial charge in [0.1, 0.15) is 5.82 Å². The van der Waals surface area contributed by atoms with Crippen molar-refractivity contribution in [3.8, 4) is 0 Å². The number of aromatic nitrogens is 1. The molecule has 1 aliphatic rings. The number of carbonyl (C=O) groups excluding carboxylic acids is 1. The van der Waals surface area contributed by atoms with Crippen molar-refractivity contribution < 1.29 is 13.9 Å². The number of aryl methyl sites for hydroxylation is 2. The van der Waals surface area contributed by atoms with Gasteiger partial charge in [0, 0.05) is 43.4 Å². The molecule has 0 spiro atoms. The van der Waals surface area contributed by atoms with E-state index in [2.05, 4.69) is 30.4 Å². The number of ether oxygens (including phenoxy) is 1. The minimum Gasteiger partial charge on any atom is -0.381 e. The summed E-state index contributed by atoms with van der Waals surface area (Å²) in [6.07, 6.45) is 4.02. The van der Waals surface area contributed by atoms with Crippen LogP contribution in [0.25, 0.3) is 10.9 Å². The van der Waals surface area contributed by atoms with Gasteiger partial charge >= 0.3 is 0 Å². The number of rotatable bonds is 5. The molecule has 3 aromatic rings. The van der Waals surface area contributed by atoms with E-state index in [-0.39, 0.29) is 17.8 Å². The quantitative estimate of drug-likeness (QED) is 0.679. The molecule has 0 radical (unpaired) electrons. The summed E-state index contributed by atoms with van der Waals surface area (Å²) < 4.78 is 21.4. The Morgan fingerprint density at radius 3 is 2.73 bits per heavy atom. The highest BCUT2D eigenvalue weighted by molar-refractivity contribution is 5.89. The van der Waals surface area contributed by atoms with Crippen molar-refractivity contribution in [1.82, 2.24) is 9.88 Å². The van der Waals surface area contributed by atoms with Crippen LogP contribution in [-0.4, -0.2) is 29.7 Å². The summed E-state index contributed by atoms with van der Waals surface area (Å²) in [6.45, 7) is 5.23. The van der Waals surface area contributed by atoms with Crippen molar-refractivity contribution in [3.63, 3.8) is 0 Å². The molecule has 30 heavy (non-hydrogen) atoms. The zero-order valence-electron chi connectivity index (χ0n) is 17.9. The van der Waals surface area contributed by atoms with Gasteiger partial charge in [-0.25, -0.2) is 4.39 Å². The van der Waals surface area contributed by atoms with Crippen LogP contribution in [-0.2, 0) is 28.4 Å². The molecule has 1 aromatic heterocycles. The van der Waals surface area contributed by atoms with Crippen molar-refractivity contribution in [2.45, 2.75) is 44.6 Å². The lowest BCUT2D eigenvalue weighted by atomic mass is 9.73. The van der Waals surface area contributed by atoms with E-state index in [4.69, 9.17) is 4.74 Å². The molecule has 1 aliphatic heterocycles. The van der Waals surface area contributed by atoms with E-state index in [1.54, 1.807) is 12.1 Å². The molecular weight excluding hydrogens is 379 g/mol. The number of nitrogens with one attached hydrogen (secondary N) is 1. The molecule has 1 N–H and O–H groups in total. The van der Waals surface area contributed by atoms with Crippen LogP contribution in [0.15, 0.2) is 48.7 Å². The fourth-order valence-corrected chi connectivity index (χ4v) is 4.66. The van der Waals surface area contributed by atoms with Crippen LogP contribution in [0.2, 0.25) is 0 Å². The Morgan fingerprint density at radius 2 is 2.00 bits per heavy atom. The summed E-state index contributed by atoms with van der Waals surface area (Å²) >= 11 is 0. The number of fused-ring (bicyclic) bond motifs is 1. The van der Waals surface area contributed by atoms with Crippen molar-refractivity contribution in [2.24, 2.45) is 7.05 Å². The van der Waals surface area contributed by atoms with Gasteiger partial charge in [-0.3, -0.25) is 4.79 Å². The Labute approximate surface area is 177 Å². The summed E-state index contributed by atoms with van der Waals surface area (Å²) in [5, 5.41) is 4.15. The topological polar surface area (TPSA) is 43.3 Å². The molecule has 1 fully saturated rings. The largest absolute Gasteiger partial charge is 0.381 e. The highest BCUT2D eigenvalue weighted by atomic mass is 19.1. The third-order valence-corrected chi connectivity index (χ3v) is 6.29. The summed E-state index contributed by atoms with van der Waals surface area (Å²) in [5.41, 5.74) is 3.67. The minimum absolute atomic E-state index is 0.0512. The SMILES string of the molecule is Cc1cccc(C2(C(=O)NC(C)Cc3cn(C)c4ccc(F)cc34)CCOCC2)c1. The highest BCUT2D eigenvalue weighted by Gasteiger charge is 2.42. The number of hydrogen-bond donors (Lipinski definition) is 1. The van der Waals surface area contributed by atoms with Crippen LogP contribution in [0, 0.1) is 12.7 Å². The fourth-order valence-electron chi connectivity index (χ4n) is 4.66. The maximum atomic E-state index is 13.8. The zero-order chi connectivity index (χ0) is 21.3. The normalized spacial score (nSPS) is 17.1. The third kappa shape index (κ3) is 3.86. The summed E-state index contributed by atoms with van der Waals surface area (Å²) in [4.78, 5) is 13.5. The Balaban J connectivity index is 1.57. The van der Waals surface area contributed by atoms with Crippen molar-refractivity contribution in [2.75, 3.05) is 13.2 Å². The monoisotopic (exact) mass is 408 g/mol. The Hall–Kier alpha value is -2.66. The first-order valence-electron chi connectivity index (χ1n) is 10.6. The molecule has 0 bridgehead atoms. The molecular formula is C25H29FN2O2. The van der Waals surface area contributed by atoms with E-state index in [9.17, 15) is 9.18 Å². The van der Waals surface area contributed by atoms with E-state index in [0.717, 1.165) is 27.6 Å². The molecule has 5 heteroatoms. The molecule has 2 aromatic carbocycles. The number of benzene rings is 2. The second-order valence-corrected chi connectivity index (χ2v) is 8.57. The molecule has 1 unspecified atom stereocenters. The molecule has 158 valence electrons. The predicted molar refractivity (Wildman–Crippen MR) is 117 cm³/mol. The van der Waals surface area contributed by atoms with E-state index in [1.807, 2.05) is 30.8 Å². The van der Waals surface area contributed by atoms with Crippen LogP contribution in [0.1, 0.15) is 36.5 Å². The molecule has 1 amide bonds. The Bertz CT molecular complexity index is 1070. The van der Waals surface area contributed by atoms with Crippen LogP contribution >= 0.6 is 0 Å². The molecule has 1 saturated heterocycles. The number of amides is 1. The highest BCUT2D eigenvalue weighted by Crippen LogP contribution is 2.36. The Morgan fingerprint density at radius 1 is 1.23 bits per heavy atom. The minimum atomic E-state index is -0.566. The molecule has 0 aliphatic carbocycles. The van der Waals surface area contributed by atoms with Gasteiger partial charge in [-0.1, -0.05) is 29.8 Å². The first-order valence-corrected chi connectivity index (χ1v) is 10.6. The smallest absolute Gasteiger partial charge is 0.231 e. The van der Waals surface area contributed by atoms with Crippen LogP contribution < -0.4 is 5.32 Å². The molecule has 1 atom stereocenters. The average Bonchev–Trinajstić information content (AvgIpc) is 3.02. The van der Waals surface area contributed by atoms with Gasteiger partial charge in [-0.15, -0.1) is 0 Å². The standard InChI is InChI=1S/C25H29FN2O2/c1-17-5-4-6-20(13-17)25(9-11-30-12-10-25)24(29)27-18(2)14-19-16-28(3)23-8-7-21(26)15-22(19)23/h4-8,13,15-16,18H,9-12,14H2,1-3H3,(H,27,29). The van der Waals surface area contributed by atoms with Crippen molar-refractivity contribution >= 4 is 16.8 Å². The molecule has 0 saturated carbocycles. The van der Waals surface area contributed by atoms with Gasteiger partial charge < -0.3 is 14.6 Å². The third-order valence-electron chi connectivity index (χ3n) is 6.29. The number of halogens is 1. The van der Waals surface area contributed by atoms with Gasteiger partial charge in [0.05, 0.1) is 5.41 Å².